The van der Waals surface area contributed by atoms with E-state index < -0.39 is 0 Å². The van der Waals surface area contributed by atoms with E-state index >= 15 is 0 Å². The zero-order valence-electron chi connectivity index (χ0n) is 7.53. The minimum absolute atomic E-state index is 0.823. The summed E-state index contributed by atoms with van der Waals surface area (Å²) in [6.07, 6.45) is 0. The highest BCUT2D eigenvalue weighted by molar-refractivity contribution is 7.08. The SMILES string of the molecule is C=C(c1ccsc1)N1CCOCC1. The summed E-state index contributed by atoms with van der Waals surface area (Å²) in [5.41, 5.74) is 2.37. The van der Waals surface area contributed by atoms with Crippen LogP contribution in [-0.4, -0.2) is 31.2 Å². The lowest BCUT2D eigenvalue weighted by Gasteiger charge is -2.30. The van der Waals surface area contributed by atoms with E-state index in [0.717, 1.165) is 32.0 Å². The molecule has 0 spiro atoms. The van der Waals surface area contributed by atoms with Crippen molar-refractivity contribution in [2.45, 2.75) is 0 Å². The van der Waals surface area contributed by atoms with E-state index in [1.165, 1.54) is 5.56 Å². The van der Waals surface area contributed by atoms with Gasteiger partial charge in [0.1, 0.15) is 0 Å². The van der Waals surface area contributed by atoms with Gasteiger partial charge in [0.15, 0.2) is 0 Å². The van der Waals surface area contributed by atoms with Gasteiger partial charge in [-0.2, -0.15) is 11.3 Å². The zero-order chi connectivity index (χ0) is 9.10. The molecule has 1 aromatic rings. The van der Waals surface area contributed by atoms with Gasteiger partial charge in [-0.05, 0) is 16.8 Å². The molecule has 0 N–H and O–H groups in total. The summed E-state index contributed by atoms with van der Waals surface area (Å²) in [5.74, 6) is 0. The number of nitrogens with zero attached hydrogens (tertiary/aromatic N) is 1. The fourth-order valence-corrected chi connectivity index (χ4v) is 2.11. The smallest absolute Gasteiger partial charge is 0.0642 e. The second kappa shape index (κ2) is 3.94. The van der Waals surface area contributed by atoms with E-state index in [1.807, 2.05) is 0 Å². The monoisotopic (exact) mass is 195 g/mol. The average Bonchev–Trinajstić information content (AvgIpc) is 2.71. The van der Waals surface area contributed by atoms with Crippen LogP contribution in [-0.2, 0) is 4.74 Å². The summed E-state index contributed by atoms with van der Waals surface area (Å²) in [4.78, 5) is 2.28. The Balaban J connectivity index is 2.04. The average molecular weight is 195 g/mol. The van der Waals surface area contributed by atoms with Gasteiger partial charge in [0.05, 0.1) is 13.2 Å². The standard InChI is InChI=1S/C10H13NOS/c1-9(10-2-7-13-8-10)11-3-5-12-6-4-11/h2,7-8H,1,3-6H2. The quantitative estimate of drug-likeness (QED) is 0.716. The van der Waals surface area contributed by atoms with Crippen LogP contribution in [0.5, 0.6) is 0 Å². The maximum absolute atomic E-state index is 5.29. The summed E-state index contributed by atoms with van der Waals surface area (Å²) < 4.78 is 5.29. The first-order valence-corrected chi connectivity index (χ1v) is 5.36. The lowest BCUT2D eigenvalue weighted by Crippen LogP contribution is -2.34. The Morgan fingerprint density at radius 3 is 2.85 bits per heavy atom. The molecule has 2 rings (SSSR count). The van der Waals surface area contributed by atoms with Crippen LogP contribution in [0, 0.1) is 0 Å². The number of ether oxygens (including phenoxy) is 1. The van der Waals surface area contributed by atoms with Crippen molar-refractivity contribution in [3.63, 3.8) is 0 Å². The number of morpholine rings is 1. The minimum Gasteiger partial charge on any atom is -0.378 e. The summed E-state index contributed by atoms with van der Waals surface area (Å²) in [5, 5.41) is 4.22. The predicted molar refractivity (Wildman–Crippen MR) is 55.7 cm³/mol. The van der Waals surface area contributed by atoms with E-state index in [-0.39, 0.29) is 0 Å². The topological polar surface area (TPSA) is 12.5 Å². The molecule has 0 aliphatic carbocycles. The normalized spacial score (nSPS) is 17.4. The van der Waals surface area contributed by atoms with E-state index in [9.17, 15) is 0 Å². The maximum atomic E-state index is 5.29. The number of thiophene rings is 1. The number of rotatable bonds is 2. The molecule has 0 atom stereocenters. The van der Waals surface area contributed by atoms with Crippen molar-refractivity contribution in [2.75, 3.05) is 26.3 Å². The third-order valence-corrected chi connectivity index (χ3v) is 2.93. The van der Waals surface area contributed by atoms with E-state index in [0.29, 0.717) is 0 Å². The highest BCUT2D eigenvalue weighted by atomic mass is 32.1. The molecule has 1 fully saturated rings. The van der Waals surface area contributed by atoms with Crippen molar-refractivity contribution in [3.8, 4) is 0 Å². The van der Waals surface area contributed by atoms with E-state index in [1.54, 1.807) is 11.3 Å². The molecule has 0 amide bonds. The fourth-order valence-electron chi connectivity index (χ4n) is 1.44. The molecular formula is C10H13NOS. The van der Waals surface area contributed by atoms with Crippen molar-refractivity contribution in [3.05, 3.63) is 29.0 Å². The Labute approximate surface area is 82.4 Å². The van der Waals surface area contributed by atoms with Crippen LogP contribution in [0.25, 0.3) is 5.70 Å². The van der Waals surface area contributed by atoms with Gasteiger partial charge in [0.25, 0.3) is 0 Å². The van der Waals surface area contributed by atoms with Crippen molar-refractivity contribution >= 4 is 17.0 Å². The third kappa shape index (κ3) is 1.92. The predicted octanol–water partition coefficient (Wildman–Crippen LogP) is 2.05. The Kier molecular flexibility index (Phi) is 2.66. The van der Waals surface area contributed by atoms with Crippen LogP contribution in [0.3, 0.4) is 0 Å². The van der Waals surface area contributed by atoms with Crippen molar-refractivity contribution in [2.24, 2.45) is 0 Å². The van der Waals surface area contributed by atoms with Crippen molar-refractivity contribution in [1.82, 2.24) is 4.90 Å². The van der Waals surface area contributed by atoms with Gasteiger partial charge in [-0.25, -0.2) is 0 Å². The van der Waals surface area contributed by atoms with Crippen LogP contribution < -0.4 is 0 Å². The molecule has 2 heterocycles. The lowest BCUT2D eigenvalue weighted by molar-refractivity contribution is 0.0641. The molecule has 2 nitrogen and oxygen atoms in total. The largest absolute Gasteiger partial charge is 0.378 e. The van der Waals surface area contributed by atoms with Crippen LogP contribution in [0.1, 0.15) is 5.56 Å². The first kappa shape index (κ1) is 8.78. The molecule has 70 valence electrons. The van der Waals surface area contributed by atoms with Crippen molar-refractivity contribution < 1.29 is 4.74 Å². The molecule has 0 radical (unpaired) electrons. The van der Waals surface area contributed by atoms with Crippen molar-refractivity contribution in [1.29, 1.82) is 0 Å². The van der Waals surface area contributed by atoms with Crippen LogP contribution in [0.4, 0.5) is 0 Å². The number of hydrogen-bond donors (Lipinski definition) is 0. The fraction of sp³-hybridized carbons (Fsp3) is 0.400. The highest BCUT2D eigenvalue weighted by Gasteiger charge is 2.13. The molecule has 13 heavy (non-hydrogen) atoms. The molecule has 1 aliphatic heterocycles. The van der Waals surface area contributed by atoms with E-state index in [4.69, 9.17) is 4.74 Å². The van der Waals surface area contributed by atoms with Gasteiger partial charge in [0.2, 0.25) is 0 Å². The molecule has 3 heteroatoms. The van der Waals surface area contributed by atoms with Gasteiger partial charge in [-0.1, -0.05) is 6.58 Å². The van der Waals surface area contributed by atoms with Gasteiger partial charge >= 0.3 is 0 Å². The molecular weight excluding hydrogens is 182 g/mol. The summed E-state index contributed by atoms with van der Waals surface area (Å²) in [7, 11) is 0. The van der Waals surface area contributed by atoms with Gasteiger partial charge in [0, 0.05) is 24.4 Å². The summed E-state index contributed by atoms with van der Waals surface area (Å²) in [6.45, 7) is 7.68. The Morgan fingerprint density at radius 1 is 1.46 bits per heavy atom. The van der Waals surface area contributed by atoms with Crippen LogP contribution in [0.15, 0.2) is 23.4 Å². The molecule has 1 aliphatic rings. The molecule has 1 saturated heterocycles. The third-order valence-electron chi connectivity index (χ3n) is 2.25. The second-order valence-electron chi connectivity index (χ2n) is 3.06. The minimum atomic E-state index is 0.823. The first-order valence-electron chi connectivity index (χ1n) is 4.42. The summed E-state index contributed by atoms with van der Waals surface area (Å²) in [6, 6.07) is 2.11. The zero-order valence-corrected chi connectivity index (χ0v) is 8.35. The van der Waals surface area contributed by atoms with Crippen LogP contribution in [0.2, 0.25) is 0 Å². The maximum Gasteiger partial charge on any atom is 0.0642 e. The Hall–Kier alpha value is -0.800. The first-order chi connectivity index (χ1) is 6.38. The number of hydrogen-bond acceptors (Lipinski definition) is 3. The van der Waals surface area contributed by atoms with Crippen LogP contribution >= 0.6 is 11.3 Å². The Morgan fingerprint density at radius 2 is 2.23 bits per heavy atom. The lowest BCUT2D eigenvalue weighted by atomic mass is 10.2. The molecule has 0 bridgehead atoms. The molecule has 0 aromatic carbocycles. The van der Waals surface area contributed by atoms with Gasteiger partial charge in [-0.3, -0.25) is 0 Å². The molecule has 0 unspecified atom stereocenters. The molecule has 0 saturated carbocycles. The molecule has 1 aromatic heterocycles. The highest BCUT2D eigenvalue weighted by Crippen LogP contribution is 2.20. The van der Waals surface area contributed by atoms with Gasteiger partial charge in [-0.15, -0.1) is 0 Å². The summed E-state index contributed by atoms with van der Waals surface area (Å²) >= 11 is 1.71. The Bertz CT molecular complexity index is 275. The second-order valence-corrected chi connectivity index (χ2v) is 3.84. The van der Waals surface area contributed by atoms with E-state index in [2.05, 4.69) is 28.3 Å². The van der Waals surface area contributed by atoms with Gasteiger partial charge < -0.3 is 9.64 Å².